The summed E-state index contributed by atoms with van der Waals surface area (Å²) >= 11 is -2.86. The number of nitrogens with two attached hydrogens (primary N) is 2. The first-order chi connectivity index (χ1) is 7.52. The van der Waals surface area contributed by atoms with Crippen LogP contribution in [0.15, 0.2) is 36.4 Å². The van der Waals surface area contributed by atoms with Crippen molar-refractivity contribution in [3.8, 4) is 0 Å². The minimum absolute atomic E-state index is 0. The smallest absolute Gasteiger partial charge is 0.0814 e. The van der Waals surface area contributed by atoms with Gasteiger partial charge in [0.05, 0.1) is 22.7 Å². The summed E-state index contributed by atoms with van der Waals surface area (Å²) < 4.78 is 24.1. The number of hydrogen-bond donors (Lipinski definition) is 3. The number of hydrogen-bond acceptors (Lipinski definition) is 4. The van der Waals surface area contributed by atoms with Crippen molar-refractivity contribution >= 4 is 33.5 Å². The maximum absolute atomic E-state index is 8.56. The number of benzene rings is 2. The van der Waals surface area contributed by atoms with Crippen LogP contribution >= 0.6 is 0 Å². The van der Waals surface area contributed by atoms with Crippen LogP contribution in [0.25, 0.3) is 10.8 Å². The van der Waals surface area contributed by atoms with Crippen LogP contribution in [0, 0.1) is 0 Å². The molecule has 0 saturated heterocycles. The van der Waals surface area contributed by atoms with Crippen molar-refractivity contribution < 1.29 is 30.4 Å². The van der Waals surface area contributed by atoms with Gasteiger partial charge in [0.2, 0.25) is 0 Å². The van der Waals surface area contributed by atoms with Crippen LogP contribution in [0.5, 0.6) is 0 Å². The number of rotatable bonds is 0. The summed E-state index contributed by atoms with van der Waals surface area (Å²) in [6.45, 7) is 0. The summed E-state index contributed by atoms with van der Waals surface area (Å²) in [6.07, 6.45) is 0. The maximum Gasteiger partial charge on any atom is 0.0814 e. The first-order valence-electron chi connectivity index (χ1n) is 4.33. The molecule has 5 N–H and O–H groups in total. The predicted octanol–water partition coefficient (Wildman–Crippen LogP) is 1.34. The second kappa shape index (κ2) is 7.26. The molecule has 2 rings (SSSR count). The third kappa shape index (κ3) is 4.72. The van der Waals surface area contributed by atoms with Gasteiger partial charge < -0.3 is 20.6 Å². The van der Waals surface area contributed by atoms with E-state index >= 15 is 0 Å². The van der Waals surface area contributed by atoms with Crippen LogP contribution in [0.2, 0.25) is 0 Å². The molecule has 0 radical (unpaired) electrons. The fourth-order valence-electron chi connectivity index (χ4n) is 1.31. The van der Waals surface area contributed by atoms with Gasteiger partial charge in [0.1, 0.15) is 0 Å². The van der Waals surface area contributed by atoms with Crippen LogP contribution in [0.4, 0.5) is 11.4 Å². The van der Waals surface area contributed by atoms with E-state index in [0.29, 0.717) is 11.4 Å². The number of nitrogen functional groups attached to an aromatic ring is 2. The second-order valence-electron chi connectivity index (χ2n) is 3.01. The van der Waals surface area contributed by atoms with Crippen LogP contribution < -0.4 is 11.5 Å². The summed E-state index contributed by atoms with van der Waals surface area (Å²) in [5, 5.41) is 2.15. The van der Waals surface area contributed by atoms with Crippen LogP contribution in [-0.2, 0) is 28.4 Å². The molecule has 0 aromatic heterocycles. The molecule has 1 atom stereocenters. The summed E-state index contributed by atoms with van der Waals surface area (Å²) in [7, 11) is 0. The molecule has 0 aliphatic carbocycles. The molecule has 17 heavy (non-hydrogen) atoms. The molecule has 94 valence electrons. The van der Waals surface area contributed by atoms with E-state index in [1.54, 1.807) is 0 Å². The SMILES string of the molecule is Nc1ccc2ccccc2c1N.O=S([O-])O.[Fe]. The molecule has 7 heteroatoms. The van der Waals surface area contributed by atoms with E-state index in [2.05, 4.69) is 0 Å². The summed E-state index contributed by atoms with van der Waals surface area (Å²) in [5.74, 6) is 0. The summed E-state index contributed by atoms with van der Waals surface area (Å²) in [5.41, 5.74) is 12.8. The molecule has 0 bridgehead atoms. The standard InChI is InChI=1S/C10H10N2.Fe.H2O3S/c11-9-6-5-7-3-1-2-4-8(7)10(9)12;;1-4(2)3/h1-6H,11-12H2;;(H2,1,2,3)/p-1. The molecule has 0 aliphatic heterocycles. The molecular weight excluding hydrogens is 284 g/mol. The summed E-state index contributed by atoms with van der Waals surface area (Å²) in [6, 6.07) is 11.7. The fourth-order valence-corrected chi connectivity index (χ4v) is 1.31. The Bertz CT molecular complexity index is 518. The van der Waals surface area contributed by atoms with Crippen molar-refractivity contribution in [1.29, 1.82) is 0 Å². The van der Waals surface area contributed by atoms with Gasteiger partial charge in [0.15, 0.2) is 0 Å². The Morgan fingerprint density at radius 1 is 1.12 bits per heavy atom. The Labute approximate surface area is 112 Å². The van der Waals surface area contributed by atoms with E-state index in [-0.39, 0.29) is 17.1 Å². The first kappa shape index (κ1) is 15.9. The van der Waals surface area contributed by atoms with Crippen LogP contribution in [0.1, 0.15) is 0 Å². The van der Waals surface area contributed by atoms with Gasteiger partial charge in [-0.25, -0.2) is 4.21 Å². The molecule has 0 spiro atoms. The Morgan fingerprint density at radius 2 is 1.65 bits per heavy atom. The van der Waals surface area contributed by atoms with Crippen LogP contribution in [0.3, 0.4) is 0 Å². The Hall–Kier alpha value is -1.11. The van der Waals surface area contributed by atoms with Gasteiger partial charge in [0, 0.05) is 22.5 Å². The third-order valence-corrected chi connectivity index (χ3v) is 2.00. The minimum atomic E-state index is -2.86. The van der Waals surface area contributed by atoms with E-state index in [1.165, 1.54) is 0 Å². The van der Waals surface area contributed by atoms with Crippen molar-refractivity contribution in [3.05, 3.63) is 36.4 Å². The zero-order valence-electron chi connectivity index (χ0n) is 8.64. The van der Waals surface area contributed by atoms with Crippen molar-refractivity contribution in [1.82, 2.24) is 0 Å². The molecule has 0 heterocycles. The zero-order valence-corrected chi connectivity index (χ0v) is 10.6. The predicted molar refractivity (Wildman–Crippen MR) is 64.3 cm³/mol. The van der Waals surface area contributed by atoms with E-state index in [9.17, 15) is 0 Å². The molecule has 0 aliphatic rings. The minimum Gasteiger partial charge on any atom is -0.750 e. The number of anilines is 2. The zero-order chi connectivity index (χ0) is 12.1. The molecule has 2 aromatic rings. The molecule has 0 amide bonds. The third-order valence-electron chi connectivity index (χ3n) is 2.00. The fraction of sp³-hybridized carbons (Fsp3) is 0. The maximum atomic E-state index is 8.56. The van der Waals surface area contributed by atoms with E-state index in [1.807, 2.05) is 36.4 Å². The monoisotopic (exact) mass is 295 g/mol. The van der Waals surface area contributed by atoms with Gasteiger partial charge in [-0.15, -0.1) is 0 Å². The Kier molecular flexibility index (Phi) is 6.79. The summed E-state index contributed by atoms with van der Waals surface area (Å²) in [4.78, 5) is 0. The molecule has 2 aromatic carbocycles. The Morgan fingerprint density at radius 3 is 2.24 bits per heavy atom. The number of fused-ring (bicyclic) bond motifs is 1. The van der Waals surface area contributed by atoms with Gasteiger partial charge >= 0.3 is 0 Å². The normalized spacial score (nSPS) is 10.9. The second-order valence-corrected chi connectivity index (χ2v) is 3.44. The molecule has 5 nitrogen and oxygen atoms in total. The van der Waals surface area contributed by atoms with Gasteiger partial charge in [-0.1, -0.05) is 30.3 Å². The van der Waals surface area contributed by atoms with Crippen molar-refractivity contribution in [2.45, 2.75) is 0 Å². The molecule has 0 saturated carbocycles. The largest absolute Gasteiger partial charge is 0.750 e. The topological polar surface area (TPSA) is 112 Å². The van der Waals surface area contributed by atoms with Gasteiger partial charge in [-0.2, -0.15) is 0 Å². The van der Waals surface area contributed by atoms with E-state index in [0.717, 1.165) is 10.8 Å². The molecule has 1 unspecified atom stereocenters. The first-order valence-corrected chi connectivity index (χ1v) is 5.36. The Balaban J connectivity index is 0.000000453. The van der Waals surface area contributed by atoms with Crippen LogP contribution in [-0.4, -0.2) is 13.3 Å². The van der Waals surface area contributed by atoms with Gasteiger partial charge in [-0.05, 0) is 11.5 Å². The average molecular weight is 295 g/mol. The van der Waals surface area contributed by atoms with Gasteiger partial charge in [-0.3, -0.25) is 0 Å². The van der Waals surface area contributed by atoms with Gasteiger partial charge in [0.25, 0.3) is 0 Å². The van der Waals surface area contributed by atoms with Crippen molar-refractivity contribution in [3.63, 3.8) is 0 Å². The van der Waals surface area contributed by atoms with E-state index < -0.39 is 11.4 Å². The molecule has 0 fully saturated rings. The molecular formula is C10H11FeN2O3S-. The quantitative estimate of drug-likeness (QED) is 0.385. The average Bonchev–Trinajstić information content (AvgIpc) is 2.23. The van der Waals surface area contributed by atoms with E-state index in [4.69, 9.17) is 24.8 Å². The van der Waals surface area contributed by atoms with Crippen molar-refractivity contribution in [2.75, 3.05) is 11.5 Å². The van der Waals surface area contributed by atoms with Crippen molar-refractivity contribution in [2.24, 2.45) is 0 Å².